The lowest BCUT2D eigenvalue weighted by Gasteiger charge is -2.06. The number of anilines is 1. The molecule has 5 nitrogen and oxygen atoms in total. The summed E-state index contributed by atoms with van der Waals surface area (Å²) in [5, 5.41) is 9.97. The van der Waals surface area contributed by atoms with Crippen molar-refractivity contribution in [1.82, 2.24) is 9.97 Å². The molecule has 0 saturated carbocycles. The van der Waals surface area contributed by atoms with Crippen LogP contribution in [0.15, 0.2) is 29.3 Å². The smallest absolute Gasteiger partial charge is 0.313 e. The Morgan fingerprint density at radius 3 is 2.65 bits per heavy atom. The molecular weight excluding hydrogens is 321 g/mol. The van der Waals surface area contributed by atoms with Gasteiger partial charge >= 0.3 is 5.97 Å². The number of carbonyl (C=O) groups is 1. The maximum Gasteiger partial charge on any atom is 0.313 e. The Kier molecular flexibility index (Phi) is 4.69. The van der Waals surface area contributed by atoms with Crippen LogP contribution in [0.1, 0.15) is 0 Å². The van der Waals surface area contributed by atoms with E-state index in [2.05, 4.69) is 9.97 Å². The van der Waals surface area contributed by atoms with Crippen LogP contribution in [0.5, 0.6) is 0 Å². The van der Waals surface area contributed by atoms with Crippen molar-refractivity contribution in [2.75, 3.05) is 11.5 Å². The molecule has 104 valence electrons. The molecule has 0 radical (unpaired) electrons. The van der Waals surface area contributed by atoms with Crippen molar-refractivity contribution in [3.8, 4) is 11.4 Å². The molecule has 3 N–H and O–H groups in total. The summed E-state index contributed by atoms with van der Waals surface area (Å²) in [6, 6.07) is 6.50. The van der Waals surface area contributed by atoms with Crippen molar-refractivity contribution in [2.45, 2.75) is 5.03 Å². The lowest BCUT2D eigenvalue weighted by Crippen LogP contribution is -2.01. The normalized spacial score (nSPS) is 10.5. The fourth-order valence-electron chi connectivity index (χ4n) is 1.42. The van der Waals surface area contributed by atoms with Crippen LogP contribution in [0.3, 0.4) is 0 Å². The summed E-state index contributed by atoms with van der Waals surface area (Å²) in [7, 11) is 0. The van der Waals surface area contributed by atoms with E-state index in [1.807, 2.05) is 0 Å². The highest BCUT2D eigenvalue weighted by Gasteiger charge is 2.09. The van der Waals surface area contributed by atoms with Crippen LogP contribution in [0.2, 0.25) is 10.0 Å². The summed E-state index contributed by atoms with van der Waals surface area (Å²) in [6.45, 7) is 0. The molecule has 0 bridgehead atoms. The molecule has 0 atom stereocenters. The number of nitrogen functional groups attached to an aromatic ring is 1. The van der Waals surface area contributed by atoms with Gasteiger partial charge in [0.2, 0.25) is 0 Å². The topological polar surface area (TPSA) is 89.1 Å². The van der Waals surface area contributed by atoms with Crippen molar-refractivity contribution in [1.29, 1.82) is 0 Å². The lowest BCUT2D eigenvalue weighted by atomic mass is 10.2. The maximum atomic E-state index is 10.6. The van der Waals surface area contributed by atoms with Crippen LogP contribution in [0, 0.1) is 0 Å². The summed E-state index contributed by atoms with van der Waals surface area (Å²) >= 11 is 12.9. The monoisotopic (exact) mass is 329 g/mol. The number of benzene rings is 1. The largest absolute Gasteiger partial charge is 0.481 e. The van der Waals surface area contributed by atoms with Crippen LogP contribution < -0.4 is 5.73 Å². The third kappa shape index (κ3) is 3.75. The third-order valence-electron chi connectivity index (χ3n) is 2.24. The first-order valence-electron chi connectivity index (χ1n) is 5.40. The Bertz CT molecular complexity index is 667. The number of rotatable bonds is 4. The van der Waals surface area contributed by atoms with E-state index in [1.165, 1.54) is 6.07 Å². The van der Waals surface area contributed by atoms with Crippen molar-refractivity contribution >= 4 is 46.8 Å². The molecule has 0 unspecified atom stereocenters. The molecular formula is C12H9Cl2N3O2S. The minimum absolute atomic E-state index is 0.0999. The van der Waals surface area contributed by atoms with Crippen LogP contribution in [0.4, 0.5) is 5.82 Å². The fourth-order valence-corrected chi connectivity index (χ4v) is 2.34. The van der Waals surface area contributed by atoms with E-state index in [9.17, 15) is 4.79 Å². The number of nitrogens with zero attached hydrogens (tertiary/aromatic N) is 2. The molecule has 0 aliphatic heterocycles. The van der Waals surface area contributed by atoms with Gasteiger partial charge in [-0.05, 0) is 18.2 Å². The third-order valence-corrected chi connectivity index (χ3v) is 3.88. The lowest BCUT2D eigenvalue weighted by molar-refractivity contribution is -0.133. The minimum Gasteiger partial charge on any atom is -0.481 e. The van der Waals surface area contributed by atoms with E-state index in [1.54, 1.807) is 18.2 Å². The molecule has 8 heteroatoms. The molecule has 0 amide bonds. The molecule has 0 fully saturated rings. The first-order chi connectivity index (χ1) is 9.45. The zero-order valence-corrected chi connectivity index (χ0v) is 12.3. The molecule has 0 saturated heterocycles. The first-order valence-corrected chi connectivity index (χ1v) is 7.14. The van der Waals surface area contributed by atoms with Crippen LogP contribution >= 0.6 is 35.0 Å². The van der Waals surface area contributed by atoms with E-state index in [-0.39, 0.29) is 11.6 Å². The van der Waals surface area contributed by atoms with E-state index in [0.29, 0.717) is 26.5 Å². The van der Waals surface area contributed by atoms with Crippen molar-refractivity contribution in [3.63, 3.8) is 0 Å². The molecule has 1 aromatic heterocycles. The fraction of sp³-hybridized carbons (Fsp3) is 0.0833. The second-order valence-electron chi connectivity index (χ2n) is 3.77. The number of nitrogens with two attached hydrogens (primary N) is 1. The Morgan fingerprint density at radius 1 is 1.25 bits per heavy atom. The number of aliphatic carboxylic acids is 1. The van der Waals surface area contributed by atoms with Crippen LogP contribution in [0.25, 0.3) is 11.4 Å². The zero-order chi connectivity index (χ0) is 14.7. The van der Waals surface area contributed by atoms with E-state index in [4.69, 9.17) is 34.0 Å². The van der Waals surface area contributed by atoms with E-state index in [0.717, 1.165) is 11.8 Å². The second-order valence-corrected chi connectivity index (χ2v) is 5.58. The quantitative estimate of drug-likeness (QED) is 0.661. The molecule has 2 aromatic rings. The van der Waals surface area contributed by atoms with Gasteiger partial charge in [0.1, 0.15) is 10.8 Å². The van der Waals surface area contributed by atoms with Crippen molar-refractivity contribution in [2.24, 2.45) is 0 Å². The summed E-state index contributed by atoms with van der Waals surface area (Å²) in [5.41, 5.74) is 6.36. The number of thioether (sulfide) groups is 1. The molecule has 1 aromatic carbocycles. The standard InChI is InChI=1S/C12H9Cl2N3O2S/c13-7-2-1-6(3-8(7)14)12-16-9(15)4-10(17-12)20-5-11(18)19/h1-4H,5H2,(H,18,19)(H2,15,16,17). The number of hydrogen-bond donors (Lipinski definition) is 2. The maximum absolute atomic E-state index is 10.6. The Hall–Kier alpha value is -1.50. The SMILES string of the molecule is Nc1cc(SCC(=O)O)nc(-c2ccc(Cl)c(Cl)c2)n1. The van der Waals surface area contributed by atoms with Gasteiger partial charge in [-0.15, -0.1) is 0 Å². The zero-order valence-electron chi connectivity index (χ0n) is 10.0. The molecule has 20 heavy (non-hydrogen) atoms. The minimum atomic E-state index is -0.928. The van der Waals surface area contributed by atoms with Crippen LogP contribution in [-0.2, 0) is 4.79 Å². The highest BCUT2D eigenvalue weighted by atomic mass is 35.5. The number of carboxylic acids is 1. The van der Waals surface area contributed by atoms with E-state index < -0.39 is 5.97 Å². The van der Waals surface area contributed by atoms with Gasteiger partial charge in [0.05, 0.1) is 15.8 Å². The van der Waals surface area contributed by atoms with Gasteiger partial charge in [-0.3, -0.25) is 4.79 Å². The van der Waals surface area contributed by atoms with Gasteiger partial charge in [-0.2, -0.15) is 0 Å². The predicted octanol–water partition coefficient (Wildman–Crippen LogP) is 3.21. The van der Waals surface area contributed by atoms with Gasteiger partial charge in [0.15, 0.2) is 5.82 Å². The number of halogens is 2. The highest BCUT2D eigenvalue weighted by Crippen LogP contribution is 2.28. The summed E-state index contributed by atoms with van der Waals surface area (Å²) in [6.07, 6.45) is 0. The van der Waals surface area contributed by atoms with Crippen molar-refractivity contribution < 1.29 is 9.90 Å². The molecule has 0 spiro atoms. The predicted molar refractivity (Wildman–Crippen MR) is 80.3 cm³/mol. The Morgan fingerprint density at radius 2 is 2.00 bits per heavy atom. The first kappa shape index (κ1) is 14.9. The van der Waals surface area contributed by atoms with Gasteiger partial charge in [-0.25, -0.2) is 9.97 Å². The molecule has 1 heterocycles. The average molecular weight is 330 g/mol. The van der Waals surface area contributed by atoms with Gasteiger partial charge in [0.25, 0.3) is 0 Å². The van der Waals surface area contributed by atoms with E-state index >= 15 is 0 Å². The Labute approximate surface area is 129 Å². The summed E-state index contributed by atoms with van der Waals surface area (Å²) in [4.78, 5) is 18.9. The number of carboxylic acid groups (broad SMARTS) is 1. The van der Waals surface area contributed by atoms with Gasteiger partial charge in [0, 0.05) is 11.6 Å². The van der Waals surface area contributed by atoms with Gasteiger partial charge in [-0.1, -0.05) is 35.0 Å². The summed E-state index contributed by atoms with van der Waals surface area (Å²) in [5.74, 6) is -0.397. The number of hydrogen-bond acceptors (Lipinski definition) is 5. The summed E-state index contributed by atoms with van der Waals surface area (Å²) < 4.78 is 0. The number of aromatic nitrogens is 2. The van der Waals surface area contributed by atoms with Crippen molar-refractivity contribution in [3.05, 3.63) is 34.3 Å². The second kappa shape index (κ2) is 6.30. The van der Waals surface area contributed by atoms with Gasteiger partial charge < -0.3 is 10.8 Å². The molecule has 0 aliphatic carbocycles. The molecule has 0 aliphatic rings. The average Bonchev–Trinajstić information content (AvgIpc) is 2.39. The molecule has 2 rings (SSSR count). The highest BCUT2D eigenvalue weighted by molar-refractivity contribution is 7.99. The van der Waals surface area contributed by atoms with Crippen LogP contribution in [-0.4, -0.2) is 26.8 Å². The Balaban J connectivity index is 2.35.